The first-order valence-corrected chi connectivity index (χ1v) is 6.24. The number of ketones is 1. The number of Topliss-reactive ketones (excluding diaryl/α,β-unsaturated/α-hetero) is 1. The number of rotatable bonds is 3. The zero-order valence-corrected chi connectivity index (χ0v) is 10.5. The average molecular weight is 258 g/mol. The fourth-order valence-electron chi connectivity index (χ4n) is 1.95. The quantitative estimate of drug-likeness (QED) is 0.673. The van der Waals surface area contributed by atoms with E-state index in [1.807, 2.05) is 31.3 Å². The molecule has 18 heavy (non-hydrogen) atoms. The van der Waals surface area contributed by atoms with Gasteiger partial charge in [-0.25, -0.2) is 0 Å². The molecule has 90 valence electrons. The van der Waals surface area contributed by atoms with Crippen molar-refractivity contribution in [2.75, 3.05) is 0 Å². The topological polar surface area (TPSA) is 60.7 Å². The number of fused-ring (bicyclic) bond motifs is 1. The van der Waals surface area contributed by atoms with Gasteiger partial charge in [0.05, 0.1) is 23.8 Å². The Bertz CT molecular complexity index is 702. The number of carbonyl (C=O) groups excluding carboxylic acids is 1. The van der Waals surface area contributed by atoms with Crippen LogP contribution in [0.1, 0.15) is 15.4 Å². The Morgan fingerprint density at radius 3 is 3.00 bits per heavy atom. The van der Waals surface area contributed by atoms with Gasteiger partial charge in [-0.1, -0.05) is 22.7 Å². The van der Waals surface area contributed by atoms with E-state index in [1.165, 1.54) is 6.20 Å². The molecule has 3 rings (SSSR count). The molecule has 2 heterocycles. The van der Waals surface area contributed by atoms with Crippen LogP contribution in [0.5, 0.6) is 0 Å². The first-order chi connectivity index (χ1) is 8.75. The van der Waals surface area contributed by atoms with E-state index in [-0.39, 0.29) is 12.2 Å². The fourth-order valence-corrected chi connectivity index (χ4v) is 2.40. The van der Waals surface area contributed by atoms with Crippen molar-refractivity contribution in [3.8, 4) is 0 Å². The molecule has 6 heteroatoms. The van der Waals surface area contributed by atoms with E-state index in [1.54, 1.807) is 4.68 Å². The number of nitrogens with zero attached hydrogens (tertiary/aromatic N) is 4. The number of hydrogen-bond acceptors (Lipinski definition) is 5. The third kappa shape index (κ3) is 1.80. The van der Waals surface area contributed by atoms with E-state index in [2.05, 4.69) is 14.7 Å². The number of para-hydroxylation sites is 1. The molecule has 0 aliphatic carbocycles. The van der Waals surface area contributed by atoms with Crippen molar-refractivity contribution in [1.29, 1.82) is 0 Å². The van der Waals surface area contributed by atoms with E-state index >= 15 is 0 Å². The molecule has 0 spiro atoms. The van der Waals surface area contributed by atoms with Crippen LogP contribution < -0.4 is 0 Å². The van der Waals surface area contributed by atoms with E-state index in [4.69, 9.17) is 0 Å². The van der Waals surface area contributed by atoms with Gasteiger partial charge in [-0.2, -0.15) is 5.10 Å². The first kappa shape index (κ1) is 11.0. The molecule has 0 radical (unpaired) electrons. The summed E-state index contributed by atoms with van der Waals surface area (Å²) in [5.74, 6) is 0.00820. The largest absolute Gasteiger partial charge is 0.293 e. The summed E-state index contributed by atoms with van der Waals surface area (Å²) in [6.45, 7) is 0. The lowest BCUT2D eigenvalue weighted by Crippen LogP contribution is -2.02. The van der Waals surface area contributed by atoms with Crippen LogP contribution in [0.15, 0.2) is 30.5 Å². The first-order valence-electron chi connectivity index (χ1n) is 5.47. The molecular weight excluding hydrogens is 248 g/mol. The van der Waals surface area contributed by atoms with E-state index in [0.29, 0.717) is 4.88 Å². The predicted octanol–water partition coefficient (Wildman–Crippen LogP) is 1.85. The number of hydrogen-bond donors (Lipinski definition) is 0. The number of carbonyl (C=O) groups is 1. The second kappa shape index (κ2) is 4.30. The summed E-state index contributed by atoms with van der Waals surface area (Å²) >= 11 is 1.12. The molecule has 1 aromatic carbocycles. The molecular formula is C12H10N4OS. The van der Waals surface area contributed by atoms with Gasteiger partial charge in [0.25, 0.3) is 0 Å². The highest BCUT2D eigenvalue weighted by Gasteiger charge is 2.15. The van der Waals surface area contributed by atoms with Crippen LogP contribution in [-0.4, -0.2) is 25.2 Å². The molecule has 0 fully saturated rings. The van der Waals surface area contributed by atoms with Gasteiger partial charge in [0.1, 0.15) is 4.88 Å². The lowest BCUT2D eigenvalue weighted by atomic mass is 10.1. The molecule has 0 unspecified atom stereocenters. The Hall–Kier alpha value is -2.08. The van der Waals surface area contributed by atoms with Crippen molar-refractivity contribution < 1.29 is 4.79 Å². The van der Waals surface area contributed by atoms with Crippen molar-refractivity contribution in [3.63, 3.8) is 0 Å². The molecule has 0 saturated heterocycles. The van der Waals surface area contributed by atoms with Crippen LogP contribution in [0, 0.1) is 0 Å². The highest BCUT2D eigenvalue weighted by molar-refractivity contribution is 7.07. The third-order valence-electron chi connectivity index (χ3n) is 2.80. The molecule has 0 bridgehead atoms. The molecule has 2 aromatic heterocycles. The monoisotopic (exact) mass is 258 g/mol. The average Bonchev–Trinajstić information content (AvgIpc) is 3.00. The minimum atomic E-state index is 0.00820. The van der Waals surface area contributed by atoms with Crippen LogP contribution in [-0.2, 0) is 13.5 Å². The summed E-state index contributed by atoms with van der Waals surface area (Å²) in [7, 11) is 1.88. The van der Waals surface area contributed by atoms with Crippen molar-refractivity contribution in [1.82, 2.24) is 19.4 Å². The van der Waals surface area contributed by atoms with Crippen LogP contribution in [0.2, 0.25) is 0 Å². The van der Waals surface area contributed by atoms with Crippen LogP contribution >= 0.6 is 11.5 Å². The summed E-state index contributed by atoms with van der Waals surface area (Å²) < 4.78 is 5.49. The fraction of sp³-hybridized carbons (Fsp3) is 0.167. The Balaban J connectivity index is 1.98. The van der Waals surface area contributed by atoms with Gasteiger partial charge in [0.15, 0.2) is 5.78 Å². The summed E-state index contributed by atoms with van der Waals surface area (Å²) in [6, 6.07) is 7.88. The van der Waals surface area contributed by atoms with Crippen molar-refractivity contribution >= 4 is 28.2 Å². The third-order valence-corrected chi connectivity index (χ3v) is 3.50. The standard InChI is InChI=1S/C12H10N4OS/c1-16-10-5-3-2-4-8(10)9(14-16)6-11(17)12-7-13-15-18-12/h2-5,7H,6H2,1H3. The van der Waals surface area contributed by atoms with Gasteiger partial charge < -0.3 is 0 Å². The Morgan fingerprint density at radius 1 is 1.39 bits per heavy atom. The van der Waals surface area contributed by atoms with Crippen molar-refractivity contribution in [3.05, 3.63) is 41.0 Å². The number of benzene rings is 1. The molecule has 0 atom stereocenters. The van der Waals surface area contributed by atoms with Crippen molar-refractivity contribution in [2.45, 2.75) is 6.42 Å². The summed E-state index contributed by atoms with van der Waals surface area (Å²) in [6.07, 6.45) is 1.78. The van der Waals surface area contributed by atoms with Gasteiger partial charge in [0, 0.05) is 12.4 Å². The maximum absolute atomic E-state index is 12.0. The lowest BCUT2D eigenvalue weighted by Gasteiger charge is -1.94. The molecule has 0 aliphatic heterocycles. The van der Waals surface area contributed by atoms with Crippen molar-refractivity contribution in [2.24, 2.45) is 7.05 Å². The molecule has 0 aliphatic rings. The summed E-state index contributed by atoms with van der Waals surface area (Å²) in [4.78, 5) is 12.6. The number of aryl methyl sites for hydroxylation is 1. The van der Waals surface area contributed by atoms with Gasteiger partial charge >= 0.3 is 0 Å². The van der Waals surface area contributed by atoms with E-state index < -0.39 is 0 Å². The maximum atomic E-state index is 12.0. The van der Waals surface area contributed by atoms with Gasteiger partial charge in [0.2, 0.25) is 0 Å². The minimum absolute atomic E-state index is 0.00820. The van der Waals surface area contributed by atoms with Crippen LogP contribution in [0.4, 0.5) is 0 Å². The normalized spacial score (nSPS) is 10.9. The smallest absolute Gasteiger partial charge is 0.182 e. The van der Waals surface area contributed by atoms with Gasteiger partial charge in [-0.15, -0.1) is 5.10 Å². The molecule has 0 saturated carbocycles. The predicted molar refractivity (Wildman–Crippen MR) is 68.7 cm³/mol. The molecule has 3 aromatic rings. The minimum Gasteiger partial charge on any atom is -0.293 e. The maximum Gasteiger partial charge on any atom is 0.182 e. The summed E-state index contributed by atoms with van der Waals surface area (Å²) in [5, 5.41) is 9.09. The number of aromatic nitrogens is 4. The van der Waals surface area contributed by atoms with E-state index in [0.717, 1.165) is 28.1 Å². The highest BCUT2D eigenvalue weighted by atomic mass is 32.1. The Morgan fingerprint density at radius 2 is 2.22 bits per heavy atom. The second-order valence-corrected chi connectivity index (χ2v) is 4.75. The lowest BCUT2D eigenvalue weighted by molar-refractivity contribution is 0.0996. The Labute approximate surface area is 107 Å². The zero-order valence-electron chi connectivity index (χ0n) is 9.70. The zero-order chi connectivity index (χ0) is 12.5. The SMILES string of the molecule is Cn1nc(CC(=O)c2cnns2)c2ccccc21. The van der Waals surface area contributed by atoms with Gasteiger partial charge in [-0.3, -0.25) is 9.48 Å². The molecule has 0 N–H and O–H groups in total. The Kier molecular flexibility index (Phi) is 2.64. The van der Waals surface area contributed by atoms with Crippen LogP contribution in [0.25, 0.3) is 10.9 Å². The van der Waals surface area contributed by atoms with Gasteiger partial charge in [-0.05, 0) is 17.6 Å². The molecule has 0 amide bonds. The second-order valence-electron chi connectivity index (χ2n) is 3.97. The molecule has 5 nitrogen and oxygen atoms in total. The summed E-state index contributed by atoms with van der Waals surface area (Å²) in [5.41, 5.74) is 1.83. The highest BCUT2D eigenvalue weighted by Crippen LogP contribution is 2.19. The van der Waals surface area contributed by atoms with Crippen LogP contribution in [0.3, 0.4) is 0 Å². The van der Waals surface area contributed by atoms with E-state index in [9.17, 15) is 4.79 Å².